The smallest absolute Gasteiger partial charge is 0.0897 e. The summed E-state index contributed by atoms with van der Waals surface area (Å²) in [6, 6.07) is 0. The van der Waals surface area contributed by atoms with Gasteiger partial charge in [0.2, 0.25) is 0 Å². The van der Waals surface area contributed by atoms with Crippen molar-refractivity contribution in [1.29, 1.82) is 0 Å². The second kappa shape index (κ2) is 7.62. The zero-order valence-electron chi connectivity index (χ0n) is 11.4. The van der Waals surface area contributed by atoms with Crippen molar-refractivity contribution in [2.24, 2.45) is 0 Å². The molecule has 3 nitrogen and oxygen atoms in total. The molecule has 0 radical (unpaired) electrons. The predicted octanol–water partition coefficient (Wildman–Crippen LogP) is 2.04. The van der Waals surface area contributed by atoms with Crippen LogP contribution in [0, 0.1) is 0 Å². The molecule has 102 valence electrons. The van der Waals surface area contributed by atoms with Crippen LogP contribution in [0.5, 0.6) is 0 Å². The number of hydrogen-bond acceptors (Lipinski definition) is 4. The fraction of sp³-hybridized carbons (Fsp3) is 1.00. The lowest BCUT2D eigenvalue weighted by molar-refractivity contribution is -0.00544. The van der Waals surface area contributed by atoms with Crippen LogP contribution in [0.4, 0.5) is 0 Å². The highest BCUT2D eigenvalue weighted by molar-refractivity contribution is 7.99. The molecule has 0 spiro atoms. The Morgan fingerprint density at radius 1 is 1.41 bits per heavy atom. The predicted molar refractivity (Wildman–Crippen MR) is 74.7 cm³/mol. The van der Waals surface area contributed by atoms with Crippen molar-refractivity contribution in [3.63, 3.8) is 0 Å². The standard InChI is InChI=1S/C13H27NO2S/c1-13(2,17-3)10-14-8-11(15)9-16-12-6-4-5-7-12/h11-12,14-15H,4-10H2,1-3H3. The van der Waals surface area contributed by atoms with E-state index in [2.05, 4.69) is 25.4 Å². The van der Waals surface area contributed by atoms with Crippen LogP contribution in [-0.4, -0.2) is 48.0 Å². The first-order chi connectivity index (χ1) is 8.03. The van der Waals surface area contributed by atoms with Crippen molar-refractivity contribution in [2.75, 3.05) is 26.0 Å². The molecule has 1 saturated carbocycles. The van der Waals surface area contributed by atoms with E-state index >= 15 is 0 Å². The summed E-state index contributed by atoms with van der Waals surface area (Å²) in [5.41, 5.74) is 0. The first-order valence-electron chi connectivity index (χ1n) is 6.59. The molecule has 1 aliphatic rings. The van der Waals surface area contributed by atoms with Gasteiger partial charge in [-0.25, -0.2) is 0 Å². The van der Waals surface area contributed by atoms with Crippen LogP contribution in [0.25, 0.3) is 0 Å². The van der Waals surface area contributed by atoms with Gasteiger partial charge in [-0.15, -0.1) is 0 Å². The minimum Gasteiger partial charge on any atom is -0.389 e. The molecule has 17 heavy (non-hydrogen) atoms. The van der Waals surface area contributed by atoms with Gasteiger partial charge in [0.25, 0.3) is 0 Å². The summed E-state index contributed by atoms with van der Waals surface area (Å²) < 4.78 is 5.91. The number of nitrogens with one attached hydrogen (secondary N) is 1. The minimum atomic E-state index is -0.381. The molecule has 0 amide bonds. The van der Waals surface area contributed by atoms with Gasteiger partial charge in [0, 0.05) is 17.8 Å². The molecule has 0 aromatic carbocycles. The normalized spacial score (nSPS) is 19.8. The minimum absolute atomic E-state index is 0.228. The summed E-state index contributed by atoms with van der Waals surface area (Å²) in [6.45, 7) is 6.40. The Morgan fingerprint density at radius 2 is 2.06 bits per heavy atom. The second-order valence-corrected chi connectivity index (χ2v) is 7.00. The van der Waals surface area contributed by atoms with Crippen molar-refractivity contribution < 1.29 is 9.84 Å². The lowest BCUT2D eigenvalue weighted by atomic mass is 10.2. The third-order valence-corrected chi connectivity index (χ3v) is 4.56. The second-order valence-electron chi connectivity index (χ2n) is 5.49. The van der Waals surface area contributed by atoms with Crippen LogP contribution >= 0.6 is 11.8 Å². The maximum atomic E-state index is 9.78. The van der Waals surface area contributed by atoms with E-state index in [9.17, 15) is 5.11 Å². The Bertz CT molecular complexity index is 206. The summed E-state index contributed by atoms with van der Waals surface area (Å²) in [6.07, 6.45) is 7.02. The molecule has 0 saturated heterocycles. The Balaban J connectivity index is 2.02. The average Bonchev–Trinajstić information content (AvgIpc) is 2.79. The summed E-state index contributed by atoms with van der Waals surface area (Å²) >= 11 is 1.84. The van der Waals surface area contributed by atoms with Gasteiger partial charge >= 0.3 is 0 Å². The third kappa shape index (κ3) is 6.65. The van der Waals surface area contributed by atoms with Gasteiger partial charge in [0.05, 0.1) is 18.8 Å². The molecule has 2 N–H and O–H groups in total. The largest absolute Gasteiger partial charge is 0.389 e. The molecule has 4 heteroatoms. The average molecular weight is 261 g/mol. The number of aliphatic hydroxyl groups is 1. The first kappa shape index (κ1) is 15.3. The Hall–Kier alpha value is 0.230. The van der Waals surface area contributed by atoms with Gasteiger partial charge in [-0.3, -0.25) is 0 Å². The molecule has 0 aromatic rings. The van der Waals surface area contributed by atoms with Crippen LogP contribution in [0.15, 0.2) is 0 Å². The van der Waals surface area contributed by atoms with Crippen molar-refractivity contribution in [3.8, 4) is 0 Å². The maximum absolute atomic E-state index is 9.78. The molecule has 0 aliphatic heterocycles. The van der Waals surface area contributed by atoms with Crippen LogP contribution in [-0.2, 0) is 4.74 Å². The van der Waals surface area contributed by atoms with Crippen molar-refractivity contribution in [3.05, 3.63) is 0 Å². The molecule has 0 bridgehead atoms. The highest BCUT2D eigenvalue weighted by atomic mass is 32.2. The van der Waals surface area contributed by atoms with E-state index in [4.69, 9.17) is 4.74 Å². The number of aliphatic hydroxyl groups excluding tert-OH is 1. The molecule has 1 rings (SSSR count). The molecule has 1 fully saturated rings. The van der Waals surface area contributed by atoms with Gasteiger partial charge in [-0.2, -0.15) is 11.8 Å². The van der Waals surface area contributed by atoms with Crippen LogP contribution in [0.3, 0.4) is 0 Å². The van der Waals surface area contributed by atoms with E-state index in [0.717, 1.165) is 6.54 Å². The maximum Gasteiger partial charge on any atom is 0.0897 e. The highest BCUT2D eigenvalue weighted by Gasteiger charge is 2.18. The monoisotopic (exact) mass is 261 g/mol. The van der Waals surface area contributed by atoms with Crippen LogP contribution < -0.4 is 5.32 Å². The fourth-order valence-corrected chi connectivity index (χ4v) is 2.22. The molecule has 1 unspecified atom stereocenters. The zero-order valence-corrected chi connectivity index (χ0v) is 12.2. The lowest BCUT2D eigenvalue weighted by Gasteiger charge is -2.23. The zero-order chi connectivity index (χ0) is 12.7. The molecular formula is C13H27NO2S. The van der Waals surface area contributed by atoms with E-state index < -0.39 is 0 Å². The van der Waals surface area contributed by atoms with Crippen molar-refractivity contribution in [2.45, 2.75) is 56.5 Å². The summed E-state index contributed by atoms with van der Waals surface area (Å²) in [4.78, 5) is 0. The number of thioether (sulfide) groups is 1. The fourth-order valence-electron chi connectivity index (χ4n) is 1.97. The van der Waals surface area contributed by atoms with Gasteiger partial charge in [-0.1, -0.05) is 12.8 Å². The molecular weight excluding hydrogens is 234 g/mol. The number of ether oxygens (including phenoxy) is 1. The van der Waals surface area contributed by atoms with Crippen LogP contribution in [0.1, 0.15) is 39.5 Å². The van der Waals surface area contributed by atoms with Gasteiger partial charge in [-0.05, 0) is 32.9 Å². The molecule has 0 heterocycles. The van der Waals surface area contributed by atoms with Gasteiger partial charge in [0.1, 0.15) is 0 Å². The van der Waals surface area contributed by atoms with Gasteiger partial charge in [0.15, 0.2) is 0 Å². The Kier molecular flexibility index (Phi) is 6.85. The SMILES string of the molecule is CSC(C)(C)CNCC(O)COC1CCCC1. The van der Waals surface area contributed by atoms with E-state index in [0.29, 0.717) is 19.3 Å². The van der Waals surface area contributed by atoms with E-state index in [1.807, 2.05) is 11.8 Å². The Morgan fingerprint density at radius 3 is 2.65 bits per heavy atom. The van der Waals surface area contributed by atoms with Crippen LogP contribution in [0.2, 0.25) is 0 Å². The quantitative estimate of drug-likeness (QED) is 0.701. The topological polar surface area (TPSA) is 41.5 Å². The molecule has 1 atom stereocenters. The third-order valence-electron chi connectivity index (χ3n) is 3.31. The number of hydrogen-bond donors (Lipinski definition) is 2. The molecule has 0 aromatic heterocycles. The van der Waals surface area contributed by atoms with E-state index in [1.165, 1.54) is 25.7 Å². The Labute approximate surface area is 110 Å². The van der Waals surface area contributed by atoms with E-state index in [-0.39, 0.29) is 10.9 Å². The molecule has 1 aliphatic carbocycles. The first-order valence-corrected chi connectivity index (χ1v) is 7.81. The van der Waals surface area contributed by atoms with Crippen molar-refractivity contribution >= 4 is 11.8 Å². The number of rotatable bonds is 8. The lowest BCUT2D eigenvalue weighted by Crippen LogP contribution is -2.38. The van der Waals surface area contributed by atoms with Crippen molar-refractivity contribution in [1.82, 2.24) is 5.32 Å². The summed E-state index contributed by atoms with van der Waals surface area (Å²) in [5, 5.41) is 13.1. The van der Waals surface area contributed by atoms with Gasteiger partial charge < -0.3 is 15.2 Å². The highest BCUT2D eigenvalue weighted by Crippen LogP contribution is 2.21. The summed E-state index contributed by atoms with van der Waals surface area (Å²) in [5.74, 6) is 0. The van der Waals surface area contributed by atoms with E-state index in [1.54, 1.807) is 0 Å². The summed E-state index contributed by atoms with van der Waals surface area (Å²) in [7, 11) is 0.